The second-order valence-corrected chi connectivity index (χ2v) is 6.84. The van der Waals surface area contributed by atoms with E-state index >= 15 is 0 Å². The molecule has 1 aromatic heterocycles. The van der Waals surface area contributed by atoms with E-state index in [1.165, 1.54) is 35.9 Å². The highest BCUT2D eigenvalue weighted by atomic mass is 32.2. The summed E-state index contributed by atoms with van der Waals surface area (Å²) in [5.41, 5.74) is 0.562. The summed E-state index contributed by atoms with van der Waals surface area (Å²) >= 11 is 2.80. The number of likely N-dealkylation sites (tertiary alicyclic amines) is 1. The maximum atomic E-state index is 12.1. The van der Waals surface area contributed by atoms with Gasteiger partial charge in [0.15, 0.2) is 4.34 Å². The molecule has 0 spiro atoms. The lowest BCUT2D eigenvalue weighted by molar-refractivity contribution is -0.136. The number of thiazole rings is 1. The number of aliphatic carboxylic acids is 1. The third-order valence-electron chi connectivity index (χ3n) is 3.14. The lowest BCUT2D eigenvalue weighted by Gasteiger charge is -2.19. The van der Waals surface area contributed by atoms with Gasteiger partial charge in [-0.05, 0) is 12.8 Å². The molecule has 110 valence electrons. The zero-order chi connectivity index (χ0) is 14.4. The zero-order valence-electron chi connectivity index (χ0n) is 11.2. The van der Waals surface area contributed by atoms with Crippen LogP contribution in [0.1, 0.15) is 31.4 Å². The monoisotopic (exact) mass is 314 g/mol. The van der Waals surface area contributed by atoms with Crippen LogP contribution in [-0.4, -0.2) is 45.7 Å². The number of aromatic nitrogens is 1. The first-order valence-corrected chi connectivity index (χ1v) is 8.58. The number of hydrogen-bond acceptors (Lipinski definition) is 5. The van der Waals surface area contributed by atoms with E-state index in [1.807, 2.05) is 4.90 Å². The lowest BCUT2D eigenvalue weighted by Crippen LogP contribution is -2.33. The highest BCUT2D eigenvalue weighted by Crippen LogP contribution is 2.23. The largest absolute Gasteiger partial charge is 0.481 e. The molecule has 1 fully saturated rings. The molecule has 0 unspecified atom stereocenters. The summed E-state index contributed by atoms with van der Waals surface area (Å²) in [4.78, 5) is 28.8. The normalized spacial score (nSPS) is 15.9. The van der Waals surface area contributed by atoms with Crippen molar-refractivity contribution >= 4 is 35.0 Å². The smallest absolute Gasteiger partial charge is 0.309 e. The topological polar surface area (TPSA) is 70.5 Å². The lowest BCUT2D eigenvalue weighted by atomic mass is 10.2. The SMILES string of the molecule is O=C(O)Cc1csc(SCC(=O)N2CCCCCC2)n1. The van der Waals surface area contributed by atoms with Gasteiger partial charge in [0.1, 0.15) is 0 Å². The number of carbonyl (C=O) groups excluding carboxylic acids is 1. The van der Waals surface area contributed by atoms with Crippen LogP contribution in [0.3, 0.4) is 0 Å². The van der Waals surface area contributed by atoms with Gasteiger partial charge < -0.3 is 10.0 Å². The van der Waals surface area contributed by atoms with E-state index in [0.29, 0.717) is 11.4 Å². The average Bonchev–Trinajstić information content (AvgIpc) is 2.67. The van der Waals surface area contributed by atoms with Crippen molar-refractivity contribution < 1.29 is 14.7 Å². The van der Waals surface area contributed by atoms with E-state index in [9.17, 15) is 9.59 Å². The van der Waals surface area contributed by atoms with Crippen molar-refractivity contribution in [3.8, 4) is 0 Å². The van der Waals surface area contributed by atoms with Gasteiger partial charge in [-0.15, -0.1) is 11.3 Å². The summed E-state index contributed by atoms with van der Waals surface area (Å²) in [6, 6.07) is 0. The zero-order valence-corrected chi connectivity index (χ0v) is 12.8. The number of carboxylic acid groups (broad SMARTS) is 1. The maximum absolute atomic E-state index is 12.1. The van der Waals surface area contributed by atoms with Gasteiger partial charge in [-0.1, -0.05) is 24.6 Å². The van der Waals surface area contributed by atoms with Crippen molar-refractivity contribution in [3.05, 3.63) is 11.1 Å². The molecule has 7 heteroatoms. The van der Waals surface area contributed by atoms with E-state index in [2.05, 4.69) is 4.98 Å². The van der Waals surface area contributed by atoms with Crippen LogP contribution in [-0.2, 0) is 16.0 Å². The Labute approximate surface area is 126 Å². The molecule has 0 radical (unpaired) electrons. The summed E-state index contributed by atoms with van der Waals surface area (Å²) in [6.45, 7) is 1.73. The number of nitrogens with zero attached hydrogens (tertiary/aromatic N) is 2. The minimum Gasteiger partial charge on any atom is -0.481 e. The molecule has 5 nitrogen and oxygen atoms in total. The van der Waals surface area contributed by atoms with Gasteiger partial charge in [0.05, 0.1) is 17.9 Å². The molecule has 1 aliphatic rings. The number of carboxylic acids is 1. The minimum absolute atomic E-state index is 0.0584. The van der Waals surface area contributed by atoms with Crippen LogP contribution in [0.5, 0.6) is 0 Å². The highest BCUT2D eigenvalue weighted by molar-refractivity contribution is 8.01. The van der Waals surface area contributed by atoms with E-state index in [4.69, 9.17) is 5.11 Å². The number of rotatable bonds is 5. The predicted molar refractivity (Wildman–Crippen MR) is 79.2 cm³/mol. The van der Waals surface area contributed by atoms with Crippen LogP contribution in [0.25, 0.3) is 0 Å². The highest BCUT2D eigenvalue weighted by Gasteiger charge is 2.16. The first-order chi connectivity index (χ1) is 9.65. The van der Waals surface area contributed by atoms with Crippen LogP contribution in [0.4, 0.5) is 0 Å². The molecule has 1 aromatic rings. The molecule has 0 aliphatic carbocycles. The Balaban J connectivity index is 1.80. The summed E-state index contributed by atoms with van der Waals surface area (Å²) in [5.74, 6) is -0.334. The molecule has 0 atom stereocenters. The van der Waals surface area contributed by atoms with Crippen LogP contribution in [0, 0.1) is 0 Å². The molecule has 1 saturated heterocycles. The summed E-state index contributed by atoms with van der Waals surface area (Å²) < 4.78 is 0.768. The summed E-state index contributed by atoms with van der Waals surface area (Å²) in [7, 11) is 0. The molecular formula is C13H18N2O3S2. The van der Waals surface area contributed by atoms with Crippen LogP contribution >= 0.6 is 23.1 Å². The molecule has 1 N–H and O–H groups in total. The van der Waals surface area contributed by atoms with Gasteiger partial charge in [0.25, 0.3) is 0 Å². The molecule has 2 rings (SSSR count). The molecule has 2 heterocycles. The molecule has 20 heavy (non-hydrogen) atoms. The van der Waals surface area contributed by atoms with Crippen molar-refractivity contribution in [1.29, 1.82) is 0 Å². The maximum Gasteiger partial charge on any atom is 0.309 e. The van der Waals surface area contributed by atoms with E-state index in [0.717, 1.165) is 30.3 Å². The van der Waals surface area contributed by atoms with Gasteiger partial charge in [0, 0.05) is 18.5 Å². The molecule has 1 aliphatic heterocycles. The quantitative estimate of drug-likeness (QED) is 0.844. The Bertz CT molecular complexity index is 468. The molecule has 0 aromatic carbocycles. The second-order valence-electron chi connectivity index (χ2n) is 4.76. The molecular weight excluding hydrogens is 296 g/mol. The van der Waals surface area contributed by atoms with Gasteiger partial charge >= 0.3 is 5.97 Å². The van der Waals surface area contributed by atoms with E-state index in [1.54, 1.807) is 5.38 Å². The van der Waals surface area contributed by atoms with Gasteiger partial charge in [-0.2, -0.15) is 0 Å². The Morgan fingerprint density at radius 3 is 2.65 bits per heavy atom. The van der Waals surface area contributed by atoms with Crippen molar-refractivity contribution in [3.63, 3.8) is 0 Å². The van der Waals surface area contributed by atoms with Crippen molar-refractivity contribution in [1.82, 2.24) is 9.88 Å². The predicted octanol–water partition coefficient (Wildman–Crippen LogP) is 2.26. The molecule has 1 amide bonds. The third-order valence-corrected chi connectivity index (χ3v) is 5.20. The average molecular weight is 314 g/mol. The number of hydrogen-bond donors (Lipinski definition) is 1. The Hall–Kier alpha value is -1.08. The van der Waals surface area contributed by atoms with E-state index < -0.39 is 5.97 Å². The molecule has 0 saturated carbocycles. The van der Waals surface area contributed by atoms with E-state index in [-0.39, 0.29) is 12.3 Å². The van der Waals surface area contributed by atoms with Gasteiger partial charge in [-0.25, -0.2) is 4.98 Å². The van der Waals surface area contributed by atoms with Crippen molar-refractivity contribution in [2.75, 3.05) is 18.8 Å². The van der Waals surface area contributed by atoms with Gasteiger partial charge in [-0.3, -0.25) is 9.59 Å². The fourth-order valence-electron chi connectivity index (χ4n) is 2.13. The number of carbonyl (C=O) groups is 2. The fourth-order valence-corrected chi connectivity index (χ4v) is 3.87. The third kappa shape index (κ3) is 4.79. The number of thioether (sulfide) groups is 1. The van der Waals surface area contributed by atoms with Crippen LogP contribution < -0.4 is 0 Å². The Morgan fingerprint density at radius 1 is 1.30 bits per heavy atom. The Kier molecular flexibility index (Phi) is 5.85. The first kappa shape index (κ1) is 15.3. The number of amides is 1. The van der Waals surface area contributed by atoms with Crippen LogP contribution in [0.15, 0.2) is 9.72 Å². The van der Waals surface area contributed by atoms with Crippen molar-refractivity contribution in [2.24, 2.45) is 0 Å². The van der Waals surface area contributed by atoms with Gasteiger partial charge in [0.2, 0.25) is 5.91 Å². The Morgan fingerprint density at radius 2 is 2.00 bits per heavy atom. The summed E-state index contributed by atoms with van der Waals surface area (Å²) in [6.07, 6.45) is 4.55. The second kappa shape index (κ2) is 7.64. The molecule has 0 bridgehead atoms. The minimum atomic E-state index is -0.882. The van der Waals surface area contributed by atoms with Crippen LogP contribution in [0.2, 0.25) is 0 Å². The first-order valence-electron chi connectivity index (χ1n) is 6.72. The fraction of sp³-hybridized carbons (Fsp3) is 0.615. The van der Waals surface area contributed by atoms with Crippen molar-refractivity contribution in [2.45, 2.75) is 36.4 Å². The standard InChI is InChI=1S/C13H18N2O3S2/c16-11(15-5-3-1-2-4-6-15)9-20-13-14-10(8-19-13)7-12(17)18/h8H,1-7,9H2,(H,17,18). The summed E-state index contributed by atoms with van der Waals surface area (Å²) in [5, 5.41) is 10.4.